The van der Waals surface area contributed by atoms with Gasteiger partial charge in [-0.3, -0.25) is 9.52 Å². The van der Waals surface area contributed by atoms with Crippen molar-refractivity contribution in [3.63, 3.8) is 0 Å². The summed E-state index contributed by atoms with van der Waals surface area (Å²) in [6.07, 6.45) is 13.8. The van der Waals surface area contributed by atoms with Gasteiger partial charge in [-0.2, -0.15) is 0 Å². The van der Waals surface area contributed by atoms with Crippen LogP contribution in [0.1, 0.15) is 63.5 Å². The van der Waals surface area contributed by atoms with Crippen molar-refractivity contribution in [2.24, 2.45) is 28.0 Å². The molecule has 2 heterocycles. The monoisotopic (exact) mass is 740 g/mol. The van der Waals surface area contributed by atoms with Gasteiger partial charge < -0.3 is 24.4 Å². The zero-order valence-electron chi connectivity index (χ0n) is 30.3. The minimum atomic E-state index is -3.52. The van der Waals surface area contributed by atoms with Crippen LogP contribution in [0.2, 0.25) is 5.02 Å². The van der Waals surface area contributed by atoms with E-state index in [9.17, 15) is 13.8 Å². The van der Waals surface area contributed by atoms with Gasteiger partial charge in [-0.05, 0) is 99.0 Å². The number of hydrogen-bond donors (Lipinski definition) is 2. The highest BCUT2D eigenvalue weighted by Gasteiger charge is 2.44. The fraction of sp³-hybridized carbons (Fsp3) is 0.590. The Labute approximate surface area is 308 Å². The van der Waals surface area contributed by atoms with E-state index in [1.54, 1.807) is 20.3 Å². The van der Waals surface area contributed by atoms with E-state index in [2.05, 4.69) is 50.2 Å². The number of nitrogens with one attached hydrogen (secondary N) is 2. The Hall–Kier alpha value is -3.12. The van der Waals surface area contributed by atoms with Crippen LogP contribution in [0.3, 0.4) is 0 Å². The lowest BCUT2D eigenvalue weighted by Crippen LogP contribution is -2.48. The van der Waals surface area contributed by atoms with E-state index in [1.807, 2.05) is 19.9 Å². The lowest BCUT2D eigenvalue weighted by Gasteiger charge is -2.46. The first-order valence-corrected chi connectivity index (χ1v) is 20.3. The van der Waals surface area contributed by atoms with E-state index in [4.69, 9.17) is 25.8 Å². The second kappa shape index (κ2) is 15.9. The molecule has 0 radical (unpaired) electrons. The number of allylic oxidation sites excluding steroid dienone is 3. The number of ether oxygens (including phenoxy) is 3. The summed E-state index contributed by atoms with van der Waals surface area (Å²) in [7, 11) is -0.141. The third-order valence-electron chi connectivity index (χ3n) is 11.4. The molecule has 1 aromatic carbocycles. The van der Waals surface area contributed by atoms with Crippen molar-refractivity contribution in [3.05, 3.63) is 82.3 Å². The molecule has 3 aliphatic carbocycles. The van der Waals surface area contributed by atoms with Gasteiger partial charge in [-0.1, -0.05) is 49.4 Å². The fourth-order valence-corrected chi connectivity index (χ4v) is 10.4. The Bertz CT molecular complexity index is 1730. The van der Waals surface area contributed by atoms with Gasteiger partial charge in [0, 0.05) is 55.3 Å². The van der Waals surface area contributed by atoms with Crippen molar-refractivity contribution in [2.75, 3.05) is 46.3 Å². The molecule has 8 atom stereocenters. The first-order chi connectivity index (χ1) is 24.5. The number of methoxy groups -OCH3 is 2. The Balaban J connectivity index is 1.39. The van der Waals surface area contributed by atoms with E-state index in [1.165, 1.54) is 17.2 Å². The van der Waals surface area contributed by atoms with E-state index in [0.29, 0.717) is 43.8 Å². The number of carbonyl (C=O) groups is 2. The minimum absolute atomic E-state index is 0.000300. The molecule has 51 heavy (non-hydrogen) atoms. The average molecular weight is 741 g/mol. The Morgan fingerprint density at radius 1 is 1.29 bits per heavy atom. The van der Waals surface area contributed by atoms with E-state index >= 15 is 0 Å². The summed E-state index contributed by atoms with van der Waals surface area (Å²) in [6.45, 7) is 10.3. The molecule has 5 aliphatic rings. The quantitative estimate of drug-likeness (QED) is 0.321. The maximum absolute atomic E-state index is 14.4. The van der Waals surface area contributed by atoms with Gasteiger partial charge in [0.15, 0.2) is 0 Å². The number of fused-ring (bicyclic) bond motifs is 4. The zero-order valence-corrected chi connectivity index (χ0v) is 31.9. The van der Waals surface area contributed by atoms with Gasteiger partial charge in [-0.15, -0.1) is 4.36 Å². The summed E-state index contributed by atoms with van der Waals surface area (Å²) in [5, 5.41) is 3.60. The highest BCUT2D eigenvalue weighted by molar-refractivity contribution is 7.92. The first kappa shape index (κ1) is 37.6. The molecule has 0 saturated heterocycles. The number of amides is 3. The number of rotatable bonds is 6. The largest absolute Gasteiger partial charge is 0.495 e. The lowest BCUT2D eigenvalue weighted by atomic mass is 9.68. The molecule has 2 aliphatic heterocycles. The van der Waals surface area contributed by atoms with E-state index in [0.717, 1.165) is 55.8 Å². The van der Waals surface area contributed by atoms with Crippen molar-refractivity contribution >= 4 is 33.5 Å². The Morgan fingerprint density at radius 3 is 2.84 bits per heavy atom. The second-order valence-corrected chi connectivity index (χ2v) is 17.6. The molecule has 1 aromatic rings. The normalized spacial score (nSPS) is 35.7. The van der Waals surface area contributed by atoms with Crippen molar-refractivity contribution in [1.29, 1.82) is 0 Å². The van der Waals surface area contributed by atoms with Crippen molar-refractivity contribution < 1.29 is 28.0 Å². The molecule has 12 heteroatoms. The van der Waals surface area contributed by atoms with Gasteiger partial charge in [0.1, 0.15) is 15.7 Å². The number of urea groups is 1. The number of nitrogens with zero attached hydrogens (tertiary/aromatic N) is 2. The van der Waals surface area contributed by atoms with Gasteiger partial charge in [0.25, 0.3) is 5.91 Å². The van der Waals surface area contributed by atoms with Gasteiger partial charge in [0.2, 0.25) is 0 Å². The minimum Gasteiger partial charge on any atom is -0.495 e. The highest BCUT2D eigenvalue weighted by Crippen LogP contribution is 2.45. The van der Waals surface area contributed by atoms with Gasteiger partial charge in [-0.25, -0.2) is 9.00 Å². The third kappa shape index (κ3) is 8.58. The molecule has 0 bridgehead atoms. The number of hydrogen-bond acceptors (Lipinski definition) is 7. The molecule has 2 saturated carbocycles. The molecule has 1 spiro atoms. The van der Waals surface area contributed by atoms with Crippen LogP contribution in [0.5, 0.6) is 0 Å². The number of aryl methyl sites for hydroxylation is 1. The van der Waals surface area contributed by atoms with Crippen LogP contribution in [0, 0.1) is 23.7 Å². The molecule has 10 nitrogen and oxygen atoms in total. The maximum atomic E-state index is 14.4. The summed E-state index contributed by atoms with van der Waals surface area (Å²) in [4.78, 5) is 29.5. The highest BCUT2D eigenvalue weighted by atomic mass is 35.5. The Morgan fingerprint density at radius 2 is 2.12 bits per heavy atom. The Kier molecular flexibility index (Phi) is 11.7. The van der Waals surface area contributed by atoms with Crippen LogP contribution in [0.15, 0.2) is 70.5 Å². The van der Waals surface area contributed by atoms with Crippen molar-refractivity contribution in [1.82, 2.24) is 14.9 Å². The van der Waals surface area contributed by atoms with Gasteiger partial charge >= 0.3 is 6.03 Å². The molecule has 1 unspecified atom stereocenters. The fourth-order valence-electron chi connectivity index (χ4n) is 8.39. The maximum Gasteiger partial charge on any atom is 0.327 e. The predicted octanol–water partition coefficient (Wildman–Crippen LogP) is 6.47. The summed E-state index contributed by atoms with van der Waals surface area (Å²) in [5.41, 5.74) is 3.20. The zero-order chi connectivity index (χ0) is 36.3. The summed E-state index contributed by atoms with van der Waals surface area (Å²) < 4.78 is 39.1. The molecule has 278 valence electrons. The molecule has 0 aromatic heterocycles. The van der Waals surface area contributed by atoms with Gasteiger partial charge in [0.05, 0.1) is 30.8 Å². The van der Waals surface area contributed by atoms with Crippen LogP contribution in [-0.2, 0) is 40.8 Å². The van der Waals surface area contributed by atoms with Crippen LogP contribution in [0.25, 0.3) is 0 Å². The molecule has 6 rings (SSSR count). The molecule has 3 amide bonds. The first-order valence-electron chi connectivity index (χ1n) is 18.2. The van der Waals surface area contributed by atoms with Crippen molar-refractivity contribution in [2.45, 2.75) is 76.4 Å². The van der Waals surface area contributed by atoms with E-state index < -0.39 is 21.9 Å². The summed E-state index contributed by atoms with van der Waals surface area (Å²) in [5.74, 6) is 0.748. The van der Waals surface area contributed by atoms with Crippen LogP contribution in [0.4, 0.5) is 4.79 Å². The number of carbonyl (C=O) groups excluding carboxylic acids is 2. The molecular weight excluding hydrogens is 688 g/mol. The summed E-state index contributed by atoms with van der Waals surface area (Å²) in [6, 6.07) is 5.52. The molecular formula is C39H53ClN4O6S. The van der Waals surface area contributed by atoms with Crippen LogP contribution < -0.4 is 10.0 Å². The van der Waals surface area contributed by atoms with Crippen LogP contribution in [-0.4, -0.2) is 79.5 Å². The molecule has 2 fully saturated rings. The number of halogens is 1. The standard InChI is InChI=1S/C39H53ClN4O6S/c1-6-27-19-35-26(3)50-24-39(16-8-10-28-17-31(40)13-15-33(28)39)23-44(35)20-29-12-14-32(29)36(49-5)11-7-9-25(2)22-51(47,42-37(27)45)43-38(46)41-34-18-30(34)21-48-4/h6-7,11,13,15,17,19,25,29-30,32,34,36H,1,8-10,12,14,16,18,20-24H2,2-5H3,(H2,41,42,43,45,46,47)/b11-7+,27-19+/t25-,29-,30-,32+,34-,36-,39-,51?/m0/s1. The predicted molar refractivity (Wildman–Crippen MR) is 200 cm³/mol. The topological polar surface area (TPSA) is 119 Å². The second-order valence-electron chi connectivity index (χ2n) is 15.2. The summed E-state index contributed by atoms with van der Waals surface area (Å²) >= 11 is 6.46. The third-order valence-corrected chi connectivity index (χ3v) is 13.6. The van der Waals surface area contributed by atoms with Crippen molar-refractivity contribution in [3.8, 4) is 0 Å². The van der Waals surface area contributed by atoms with E-state index in [-0.39, 0.29) is 40.7 Å². The SMILES string of the molecule is C=C/C1=C\C2=C(C)OC[C@]3(CCCc4cc(Cl)ccc43)CN2C[C@@H]2CC[C@H]2[C@@H](OC)/C=C/C[C@H](C)CS(=O)(NC(=O)N[C@H]2C[C@H]2COC)=NC1=O. The lowest BCUT2D eigenvalue weighted by molar-refractivity contribution is -0.113. The number of benzene rings is 1. The molecule has 2 N–H and O–H groups in total. The average Bonchev–Trinajstić information content (AvgIpc) is 3.82. The van der Waals surface area contributed by atoms with Crippen LogP contribution >= 0.6 is 11.6 Å². The smallest absolute Gasteiger partial charge is 0.327 e.